The molecule has 1 N–H and O–H groups in total. The molecule has 0 saturated carbocycles. The number of aryl methyl sites for hydroxylation is 1. The maximum atomic E-state index is 13.2. The summed E-state index contributed by atoms with van der Waals surface area (Å²) in [7, 11) is 1.84. The molecule has 0 aliphatic rings. The standard InChI is InChI=1S/C16H17FN2O/c1-12-8-9-13(17)10-15(12)18-16(20)11-19(2)14-6-4-3-5-7-14/h3-10H,11H2,1-2H3,(H,18,20). The maximum Gasteiger partial charge on any atom is 0.243 e. The second-order valence-corrected chi connectivity index (χ2v) is 4.70. The van der Waals surface area contributed by atoms with Gasteiger partial charge < -0.3 is 10.2 Å². The molecule has 0 radical (unpaired) electrons. The first-order chi connectivity index (χ1) is 9.56. The van der Waals surface area contributed by atoms with E-state index in [0.717, 1.165) is 11.3 Å². The van der Waals surface area contributed by atoms with E-state index >= 15 is 0 Å². The van der Waals surface area contributed by atoms with E-state index in [4.69, 9.17) is 0 Å². The van der Waals surface area contributed by atoms with E-state index in [-0.39, 0.29) is 18.3 Å². The molecule has 20 heavy (non-hydrogen) atoms. The predicted molar refractivity (Wildman–Crippen MR) is 79.5 cm³/mol. The first-order valence-electron chi connectivity index (χ1n) is 6.38. The fraction of sp³-hybridized carbons (Fsp3) is 0.188. The van der Waals surface area contributed by atoms with Gasteiger partial charge in [-0.2, -0.15) is 0 Å². The number of benzene rings is 2. The van der Waals surface area contributed by atoms with E-state index in [1.165, 1.54) is 12.1 Å². The van der Waals surface area contributed by atoms with Crippen molar-refractivity contribution >= 4 is 17.3 Å². The lowest BCUT2D eigenvalue weighted by Crippen LogP contribution is -2.30. The summed E-state index contributed by atoms with van der Waals surface area (Å²) >= 11 is 0. The van der Waals surface area contributed by atoms with Gasteiger partial charge >= 0.3 is 0 Å². The molecule has 3 nitrogen and oxygen atoms in total. The summed E-state index contributed by atoms with van der Waals surface area (Å²) < 4.78 is 13.2. The molecule has 104 valence electrons. The number of nitrogens with one attached hydrogen (secondary N) is 1. The van der Waals surface area contributed by atoms with Crippen molar-refractivity contribution in [2.45, 2.75) is 6.92 Å². The Labute approximate surface area is 118 Å². The van der Waals surface area contributed by atoms with Crippen LogP contribution in [0.25, 0.3) is 0 Å². The van der Waals surface area contributed by atoms with Gasteiger partial charge in [0, 0.05) is 18.4 Å². The number of anilines is 2. The lowest BCUT2D eigenvalue weighted by Gasteiger charge is -2.19. The lowest BCUT2D eigenvalue weighted by molar-refractivity contribution is -0.114. The van der Waals surface area contributed by atoms with Gasteiger partial charge in [0.2, 0.25) is 5.91 Å². The molecule has 0 bridgehead atoms. The van der Waals surface area contributed by atoms with Crippen LogP contribution >= 0.6 is 0 Å². The number of likely N-dealkylation sites (N-methyl/N-ethyl adjacent to an activating group) is 1. The minimum absolute atomic E-state index is 0.176. The van der Waals surface area contributed by atoms with Gasteiger partial charge in [0.15, 0.2) is 0 Å². The highest BCUT2D eigenvalue weighted by Gasteiger charge is 2.09. The zero-order chi connectivity index (χ0) is 14.5. The van der Waals surface area contributed by atoms with E-state index in [2.05, 4.69) is 5.32 Å². The molecule has 0 spiro atoms. The molecule has 0 saturated heterocycles. The van der Waals surface area contributed by atoms with Gasteiger partial charge in [-0.1, -0.05) is 24.3 Å². The molecule has 0 unspecified atom stereocenters. The third kappa shape index (κ3) is 3.57. The van der Waals surface area contributed by atoms with Crippen LogP contribution in [0.3, 0.4) is 0 Å². The average molecular weight is 272 g/mol. The molecule has 1 amide bonds. The molecular formula is C16H17FN2O. The molecule has 2 rings (SSSR count). The summed E-state index contributed by atoms with van der Waals surface area (Å²) in [6.07, 6.45) is 0. The molecule has 2 aromatic carbocycles. The quantitative estimate of drug-likeness (QED) is 0.927. The fourth-order valence-electron chi connectivity index (χ4n) is 1.91. The molecular weight excluding hydrogens is 255 g/mol. The van der Waals surface area contributed by atoms with Crippen LogP contribution in [0.4, 0.5) is 15.8 Å². The number of para-hydroxylation sites is 1. The predicted octanol–water partition coefficient (Wildman–Crippen LogP) is 3.21. The molecule has 0 fully saturated rings. The van der Waals surface area contributed by atoms with E-state index in [1.807, 2.05) is 49.2 Å². The van der Waals surface area contributed by atoms with Gasteiger partial charge in [-0.3, -0.25) is 4.79 Å². The zero-order valence-electron chi connectivity index (χ0n) is 11.6. The van der Waals surface area contributed by atoms with Crippen LogP contribution in [0.15, 0.2) is 48.5 Å². The number of nitrogens with zero attached hydrogens (tertiary/aromatic N) is 1. The summed E-state index contributed by atoms with van der Waals surface area (Å²) in [4.78, 5) is 13.8. The van der Waals surface area contributed by atoms with Crippen LogP contribution in [-0.4, -0.2) is 19.5 Å². The highest BCUT2D eigenvalue weighted by Crippen LogP contribution is 2.16. The number of rotatable bonds is 4. The summed E-state index contributed by atoms with van der Waals surface area (Å²) in [5.74, 6) is -0.535. The molecule has 0 aliphatic carbocycles. The minimum atomic E-state index is -0.359. The topological polar surface area (TPSA) is 32.3 Å². The Morgan fingerprint density at radius 3 is 2.60 bits per heavy atom. The highest BCUT2D eigenvalue weighted by molar-refractivity contribution is 5.94. The Bertz CT molecular complexity index is 599. The number of hydrogen-bond acceptors (Lipinski definition) is 2. The number of amides is 1. The van der Waals surface area contributed by atoms with Crippen LogP contribution < -0.4 is 10.2 Å². The Kier molecular flexibility index (Phi) is 4.35. The van der Waals surface area contributed by atoms with Crippen LogP contribution in [0.5, 0.6) is 0 Å². The van der Waals surface area contributed by atoms with Crippen LogP contribution in [0.1, 0.15) is 5.56 Å². The van der Waals surface area contributed by atoms with Gasteiger partial charge in [0.1, 0.15) is 5.82 Å². The fourth-order valence-corrected chi connectivity index (χ4v) is 1.91. The molecule has 0 aromatic heterocycles. The summed E-state index contributed by atoms with van der Waals surface area (Å²) in [5, 5.41) is 2.73. The smallest absolute Gasteiger partial charge is 0.243 e. The number of hydrogen-bond donors (Lipinski definition) is 1. The van der Waals surface area contributed by atoms with E-state index in [9.17, 15) is 9.18 Å². The maximum absolute atomic E-state index is 13.2. The zero-order valence-corrected chi connectivity index (χ0v) is 11.6. The third-order valence-electron chi connectivity index (χ3n) is 3.05. The largest absolute Gasteiger partial charge is 0.365 e. The van der Waals surface area contributed by atoms with Crippen molar-refractivity contribution in [2.75, 3.05) is 23.8 Å². The molecule has 0 aliphatic heterocycles. The lowest BCUT2D eigenvalue weighted by atomic mass is 10.2. The van der Waals surface area contributed by atoms with Crippen molar-refractivity contribution in [3.8, 4) is 0 Å². The van der Waals surface area contributed by atoms with Gasteiger partial charge in [-0.15, -0.1) is 0 Å². The number of carbonyl (C=O) groups is 1. The van der Waals surface area contributed by atoms with Gasteiger partial charge in [0.05, 0.1) is 6.54 Å². The van der Waals surface area contributed by atoms with Gasteiger partial charge in [-0.25, -0.2) is 4.39 Å². The summed E-state index contributed by atoms with van der Waals surface area (Å²) in [6, 6.07) is 14.0. The van der Waals surface area contributed by atoms with E-state index in [0.29, 0.717) is 5.69 Å². The highest BCUT2D eigenvalue weighted by atomic mass is 19.1. The average Bonchev–Trinajstić information content (AvgIpc) is 2.43. The van der Waals surface area contributed by atoms with E-state index < -0.39 is 0 Å². The van der Waals surface area contributed by atoms with Crippen molar-refractivity contribution in [1.82, 2.24) is 0 Å². The molecule has 4 heteroatoms. The van der Waals surface area contributed by atoms with E-state index in [1.54, 1.807) is 6.07 Å². The second-order valence-electron chi connectivity index (χ2n) is 4.70. The monoisotopic (exact) mass is 272 g/mol. The SMILES string of the molecule is Cc1ccc(F)cc1NC(=O)CN(C)c1ccccc1. The van der Waals surface area contributed by atoms with Crippen LogP contribution in [0.2, 0.25) is 0 Å². The normalized spacial score (nSPS) is 10.2. The third-order valence-corrected chi connectivity index (χ3v) is 3.05. The summed E-state index contributed by atoms with van der Waals surface area (Å²) in [6.45, 7) is 2.04. The van der Waals surface area contributed by atoms with Crippen molar-refractivity contribution in [2.24, 2.45) is 0 Å². The Hall–Kier alpha value is -2.36. The summed E-state index contributed by atoms with van der Waals surface area (Å²) in [5.41, 5.74) is 2.30. The molecule has 0 heterocycles. The first-order valence-corrected chi connectivity index (χ1v) is 6.38. The second kappa shape index (κ2) is 6.19. The van der Waals surface area contributed by atoms with Gasteiger partial charge in [0.25, 0.3) is 0 Å². The number of halogens is 1. The van der Waals surface area contributed by atoms with Crippen molar-refractivity contribution in [1.29, 1.82) is 0 Å². The Balaban J connectivity index is 2.01. The van der Waals surface area contributed by atoms with Crippen LogP contribution in [0, 0.1) is 12.7 Å². The van der Waals surface area contributed by atoms with Crippen molar-refractivity contribution in [3.05, 3.63) is 59.9 Å². The molecule has 2 aromatic rings. The van der Waals surface area contributed by atoms with Gasteiger partial charge in [-0.05, 0) is 36.8 Å². The van der Waals surface area contributed by atoms with Crippen LogP contribution in [-0.2, 0) is 4.79 Å². The number of carbonyl (C=O) groups excluding carboxylic acids is 1. The molecule has 0 atom stereocenters. The minimum Gasteiger partial charge on any atom is -0.365 e. The van der Waals surface area contributed by atoms with Crippen molar-refractivity contribution in [3.63, 3.8) is 0 Å². The Morgan fingerprint density at radius 2 is 1.90 bits per heavy atom. The Morgan fingerprint density at radius 1 is 1.20 bits per heavy atom. The van der Waals surface area contributed by atoms with Crippen molar-refractivity contribution < 1.29 is 9.18 Å². The first kappa shape index (κ1) is 14.1.